The van der Waals surface area contributed by atoms with Gasteiger partial charge in [0.15, 0.2) is 5.78 Å². The Labute approximate surface area is 474 Å². The first-order valence-corrected chi connectivity index (χ1v) is 27.5. The molecule has 81 heavy (non-hydrogen) atoms. The molecule has 2 aliphatic heterocycles. The van der Waals surface area contributed by atoms with Gasteiger partial charge < -0.3 is 24.4 Å². The van der Waals surface area contributed by atoms with Crippen LogP contribution in [0.3, 0.4) is 0 Å². The largest absolute Gasteiger partial charge is 0.378 e. The first-order chi connectivity index (χ1) is 39.2. The van der Waals surface area contributed by atoms with Gasteiger partial charge in [-0.1, -0.05) is 92.7 Å². The minimum absolute atomic E-state index is 0.0294. The molecule has 0 aliphatic carbocycles. The number of imidazole rings is 1. The second-order valence-corrected chi connectivity index (χ2v) is 20.2. The van der Waals surface area contributed by atoms with Gasteiger partial charge in [-0.3, -0.25) is 29.5 Å². The third-order valence-corrected chi connectivity index (χ3v) is 14.1. The number of carbonyl (C=O) groups excluding carboxylic acids is 3. The number of anilines is 2. The van der Waals surface area contributed by atoms with Gasteiger partial charge in [0.25, 0.3) is 17.4 Å². The van der Waals surface area contributed by atoms with Crippen molar-refractivity contribution in [3.63, 3.8) is 0 Å². The van der Waals surface area contributed by atoms with E-state index in [0.29, 0.717) is 35.9 Å². The molecule has 1 fully saturated rings. The zero-order valence-electron chi connectivity index (χ0n) is 47.6. The molecular weight excluding hydrogens is 1010 g/mol. The summed E-state index contributed by atoms with van der Waals surface area (Å²) in [7, 11) is 5.75. The molecule has 4 heterocycles. The van der Waals surface area contributed by atoms with E-state index in [1.165, 1.54) is 11.3 Å². The topological polar surface area (TPSA) is 168 Å². The number of hydrogen-bond acceptors (Lipinski definition) is 11. The maximum absolute atomic E-state index is 13.5. The van der Waals surface area contributed by atoms with Crippen molar-refractivity contribution >= 4 is 57.5 Å². The first-order valence-electron chi connectivity index (χ1n) is 27.5. The molecule has 2 N–H and O–H groups in total. The highest BCUT2D eigenvalue weighted by molar-refractivity contribution is 6.11. The summed E-state index contributed by atoms with van der Waals surface area (Å²) in [5.74, 6) is 0.728. The number of morpholine rings is 1. The molecule has 6 bridgehead atoms. The van der Waals surface area contributed by atoms with E-state index >= 15 is 0 Å². The summed E-state index contributed by atoms with van der Waals surface area (Å²) in [5.41, 5.74) is 13.8. The Hall–Kier alpha value is -8.92. The van der Waals surface area contributed by atoms with Crippen molar-refractivity contribution in [3.05, 3.63) is 219 Å². The van der Waals surface area contributed by atoms with Crippen LogP contribution in [0.5, 0.6) is 0 Å². The molecule has 1 saturated heterocycles. The number of benzene rings is 6. The van der Waals surface area contributed by atoms with Gasteiger partial charge in [0.2, 0.25) is 5.95 Å². The fraction of sp³-hybridized carbons (Fsp3) is 0.273. The Morgan fingerprint density at radius 3 is 2.30 bits per heavy atom. The van der Waals surface area contributed by atoms with Crippen molar-refractivity contribution in [2.75, 3.05) is 64.2 Å². The second kappa shape index (κ2) is 27.8. The molecule has 15 heteroatoms. The third-order valence-electron chi connectivity index (χ3n) is 14.1. The van der Waals surface area contributed by atoms with E-state index in [-0.39, 0.29) is 29.2 Å². The van der Waals surface area contributed by atoms with Crippen molar-refractivity contribution in [3.8, 4) is 11.3 Å². The molecule has 0 radical (unpaired) electrons. The second-order valence-electron chi connectivity index (χ2n) is 20.2. The van der Waals surface area contributed by atoms with E-state index in [0.717, 1.165) is 107 Å². The zero-order valence-corrected chi connectivity index (χ0v) is 47.6. The molecule has 0 spiro atoms. The highest BCUT2D eigenvalue weighted by atomic mass is 16.5. The number of para-hydroxylation sites is 3. The van der Waals surface area contributed by atoms with Crippen LogP contribution in [-0.2, 0) is 28.9 Å². The van der Waals surface area contributed by atoms with Gasteiger partial charge in [-0.2, -0.15) is 5.10 Å². The molecule has 2 aliphatic rings. The summed E-state index contributed by atoms with van der Waals surface area (Å²) in [5, 5.41) is 10.7. The number of allylic oxidation sites excluding steroid dienone is 2. The van der Waals surface area contributed by atoms with Crippen molar-refractivity contribution in [2.45, 2.75) is 66.5 Å². The first kappa shape index (κ1) is 58.2. The van der Waals surface area contributed by atoms with Gasteiger partial charge in [-0.15, -0.1) is 0 Å². The van der Waals surface area contributed by atoms with E-state index in [1.807, 2.05) is 135 Å². The third kappa shape index (κ3) is 15.3. The Balaban J connectivity index is 0.000000172. The van der Waals surface area contributed by atoms with Gasteiger partial charge >= 0.3 is 0 Å². The Morgan fingerprint density at radius 2 is 1.54 bits per heavy atom. The minimum Gasteiger partial charge on any atom is -0.378 e. The molecule has 416 valence electrons. The van der Waals surface area contributed by atoms with Crippen LogP contribution >= 0.6 is 0 Å². The number of amides is 2. The van der Waals surface area contributed by atoms with Gasteiger partial charge in [-0.05, 0) is 167 Å². The van der Waals surface area contributed by atoms with Crippen LogP contribution < -0.4 is 21.1 Å². The Bertz CT molecular complexity index is 3680. The highest BCUT2D eigenvalue weighted by Crippen LogP contribution is 2.28. The van der Waals surface area contributed by atoms with Gasteiger partial charge in [0.1, 0.15) is 5.84 Å². The highest BCUT2D eigenvalue weighted by Gasteiger charge is 2.22. The van der Waals surface area contributed by atoms with E-state index in [9.17, 15) is 19.2 Å². The number of carbonyl (C=O) groups is 3. The molecule has 2 aromatic heterocycles. The van der Waals surface area contributed by atoms with Crippen LogP contribution in [0, 0.1) is 6.92 Å². The normalized spacial score (nSPS) is 14.4. The molecule has 10 rings (SSSR count). The molecule has 6 aromatic carbocycles. The number of aryl methyl sites for hydroxylation is 3. The van der Waals surface area contributed by atoms with Crippen LogP contribution in [0.2, 0.25) is 0 Å². The Kier molecular flexibility index (Phi) is 20.0. The van der Waals surface area contributed by atoms with Crippen LogP contribution in [0.15, 0.2) is 179 Å². The van der Waals surface area contributed by atoms with Gasteiger partial charge in [0.05, 0.1) is 53.9 Å². The lowest BCUT2D eigenvalue weighted by Gasteiger charge is -2.30. The molecule has 1 atom stereocenters. The average Bonchev–Trinajstić information content (AvgIpc) is 3.91. The lowest BCUT2D eigenvalue weighted by Crippen LogP contribution is -2.36. The monoisotopic (exact) mass is 1080 g/mol. The van der Waals surface area contributed by atoms with Crippen molar-refractivity contribution in [1.29, 1.82) is 0 Å². The summed E-state index contributed by atoms with van der Waals surface area (Å²) in [6.45, 7) is 14.3. The van der Waals surface area contributed by atoms with Crippen molar-refractivity contribution in [1.82, 2.24) is 29.5 Å². The summed E-state index contributed by atoms with van der Waals surface area (Å²) in [4.78, 5) is 67.9. The summed E-state index contributed by atoms with van der Waals surface area (Å²) < 4.78 is 9.00. The number of nitrogens with zero attached hydrogens (tertiary/aromatic N) is 8. The maximum Gasteiger partial charge on any atom is 0.267 e. The summed E-state index contributed by atoms with van der Waals surface area (Å²) in [6.07, 6.45) is 5.88. The van der Waals surface area contributed by atoms with E-state index in [2.05, 4.69) is 68.5 Å². The molecular formula is C66H72N10O5. The maximum atomic E-state index is 13.5. The van der Waals surface area contributed by atoms with Crippen molar-refractivity contribution in [2.24, 2.45) is 9.98 Å². The summed E-state index contributed by atoms with van der Waals surface area (Å²) in [6, 6.07) is 48.3. The molecule has 1 unspecified atom stereocenters. The van der Waals surface area contributed by atoms with E-state index in [1.54, 1.807) is 55.9 Å². The molecule has 8 aromatic rings. The van der Waals surface area contributed by atoms with Crippen molar-refractivity contribution < 1.29 is 19.1 Å². The predicted molar refractivity (Wildman–Crippen MR) is 327 cm³/mol. The molecule has 0 saturated carbocycles. The Morgan fingerprint density at radius 1 is 0.790 bits per heavy atom. The SMILES string of the molecule is CCc1cc(C(/C=C\C(C)=O)=NC)ccc1N1CCOCC1.CCc1cccc(C(=O)NC(C)=Nc2ccccc2C)c1.CN(C)CCC1c2cccc(c2)C(=O)Nc2nc3ccccc3n2Cc2cccc(c2)-c2ccc(=O)n1n2. The van der Waals surface area contributed by atoms with Gasteiger partial charge in [-0.25, -0.2) is 14.7 Å². The van der Waals surface area contributed by atoms with Crippen LogP contribution in [0.25, 0.3) is 22.3 Å². The number of amidine groups is 1. The predicted octanol–water partition coefficient (Wildman–Crippen LogP) is 11.1. The average molecular weight is 1090 g/mol. The zero-order chi connectivity index (χ0) is 57.4. The standard InChI is InChI=1S/C30H28N6O2.C18H24N2O2.C18H20N2O/c1-34(2)16-15-26-22-9-6-10-23(18-22)29(38)32-30-31-25-11-3-4-12-27(25)35(30)19-20-7-5-8-21(17-20)24-13-14-28(37)36(26)33-24;1-4-15-13-16(17(19-3)7-5-14(2)21)6-8-18(15)20-9-11-22-12-10-20;1-4-15-9-7-10-16(12-15)18(21)20-14(3)19-17-11-6-5-8-13(17)2/h3-14,17-18,26H,15-16,19H2,1-2H3,(H,31,32,38);5-8,13H,4,9-12H2,1-3H3;5-12H,4H2,1-3H3,(H,19,20,21)/b;7-5-,19-17?;. The number of hydrogen-bond donors (Lipinski definition) is 2. The quantitative estimate of drug-likeness (QED) is 0.0727. The molecule has 15 nitrogen and oxygen atoms in total. The van der Waals surface area contributed by atoms with Crippen LogP contribution in [-0.4, -0.2) is 107 Å². The van der Waals surface area contributed by atoms with Gasteiger partial charge in [0, 0.05) is 54.1 Å². The number of aromatic nitrogens is 4. The van der Waals surface area contributed by atoms with Crippen LogP contribution in [0.1, 0.15) is 94.3 Å². The lowest BCUT2D eigenvalue weighted by atomic mass is 10.0. The summed E-state index contributed by atoms with van der Waals surface area (Å²) >= 11 is 0. The molecule has 2 amide bonds. The number of ether oxygens (including phenoxy) is 1. The fourth-order valence-electron chi connectivity index (χ4n) is 9.72. The van der Waals surface area contributed by atoms with E-state index < -0.39 is 0 Å². The lowest BCUT2D eigenvalue weighted by molar-refractivity contribution is -0.112. The number of rotatable bonds is 11. The number of fused-ring (bicyclic) bond motifs is 10. The fourth-order valence-corrected chi connectivity index (χ4v) is 9.72. The van der Waals surface area contributed by atoms with E-state index in [4.69, 9.17) is 14.8 Å². The van der Waals surface area contributed by atoms with Crippen LogP contribution in [0.4, 0.5) is 17.3 Å². The number of nitrogens with one attached hydrogen (secondary N) is 2. The smallest absolute Gasteiger partial charge is 0.267 e. The number of aliphatic imine (C=N–C) groups is 2. The minimum atomic E-state index is -0.338. The number of ketones is 1.